The average Bonchev–Trinajstić information content (AvgIpc) is 1.88. The zero-order chi connectivity index (χ0) is 9.02. The zero-order valence-corrected chi connectivity index (χ0v) is 5.15. The Morgan fingerprint density at radius 1 is 1.50 bits per heavy atom. The second-order valence-corrected chi connectivity index (χ2v) is 1.81. The number of carboxylic acid groups (broad SMARTS) is 2. The first-order chi connectivity index (χ1) is 5.00. The summed E-state index contributed by atoms with van der Waals surface area (Å²) in [4.78, 5) is 20.3. The van der Waals surface area contributed by atoms with Crippen LogP contribution in [0.3, 0.4) is 0 Å². The smallest absolute Gasteiger partial charge is 0.321 e. The molecule has 5 heteroatoms. The van der Waals surface area contributed by atoms with Gasteiger partial charge in [-0.3, -0.25) is 9.59 Å². The summed E-state index contributed by atoms with van der Waals surface area (Å²) in [6.07, 6.45) is 0. The monoisotopic (exact) mass is 148 g/mol. The Hall–Kier alpha value is -1.10. The standard InChI is InChI=1S/C5H9NO4/c1-2(4(7)8)3(6)5(9)10/h2-3H,6H2,1H3,(H,7,8)(H,9,10)/t2-,3-/m0/s1/i1D. The molecule has 0 aliphatic rings. The van der Waals surface area contributed by atoms with Gasteiger partial charge in [0.25, 0.3) is 0 Å². The highest BCUT2D eigenvalue weighted by Crippen LogP contribution is 1.99. The van der Waals surface area contributed by atoms with Gasteiger partial charge in [-0.25, -0.2) is 0 Å². The van der Waals surface area contributed by atoms with Crippen molar-refractivity contribution in [1.29, 1.82) is 0 Å². The quantitative estimate of drug-likeness (QED) is 0.482. The molecule has 58 valence electrons. The summed E-state index contributed by atoms with van der Waals surface area (Å²) in [5.41, 5.74) is 4.97. The summed E-state index contributed by atoms with van der Waals surface area (Å²) in [5.74, 6) is -4.08. The first-order valence-corrected chi connectivity index (χ1v) is 2.51. The lowest BCUT2D eigenvalue weighted by Gasteiger charge is -2.09. The summed E-state index contributed by atoms with van der Waals surface area (Å²) in [5, 5.41) is 16.6. The molecule has 0 bridgehead atoms. The molecule has 5 nitrogen and oxygen atoms in total. The largest absolute Gasteiger partial charge is 0.481 e. The molecule has 0 saturated carbocycles. The van der Waals surface area contributed by atoms with E-state index in [2.05, 4.69) is 0 Å². The summed E-state index contributed by atoms with van der Waals surface area (Å²) >= 11 is 0. The molecule has 0 aromatic carbocycles. The number of aliphatic carboxylic acids is 2. The van der Waals surface area contributed by atoms with Gasteiger partial charge >= 0.3 is 11.9 Å². The fourth-order valence-electron chi connectivity index (χ4n) is 0.326. The van der Waals surface area contributed by atoms with E-state index in [-0.39, 0.29) is 0 Å². The minimum Gasteiger partial charge on any atom is -0.481 e. The van der Waals surface area contributed by atoms with Crippen LogP contribution in [0.25, 0.3) is 0 Å². The maximum Gasteiger partial charge on any atom is 0.321 e. The van der Waals surface area contributed by atoms with Crippen molar-refractivity contribution in [2.24, 2.45) is 11.7 Å². The molecule has 0 spiro atoms. The number of rotatable bonds is 3. The van der Waals surface area contributed by atoms with E-state index in [1.807, 2.05) is 0 Å². The molecule has 0 rings (SSSR count). The lowest BCUT2D eigenvalue weighted by molar-refractivity contribution is -0.149. The van der Waals surface area contributed by atoms with Crippen LogP contribution in [0.1, 0.15) is 8.27 Å². The average molecular weight is 148 g/mol. The van der Waals surface area contributed by atoms with Crippen LogP contribution < -0.4 is 5.73 Å². The topological polar surface area (TPSA) is 101 Å². The highest BCUT2D eigenvalue weighted by Gasteiger charge is 2.25. The number of hydrogen-bond acceptors (Lipinski definition) is 3. The Balaban J connectivity index is 4.25. The van der Waals surface area contributed by atoms with Crippen molar-refractivity contribution in [2.75, 3.05) is 0 Å². The van der Waals surface area contributed by atoms with Crippen LogP contribution in [-0.2, 0) is 9.59 Å². The summed E-state index contributed by atoms with van der Waals surface area (Å²) in [6, 6.07) is -1.50. The second kappa shape index (κ2) is 3.17. The molecule has 2 atom stereocenters. The molecule has 4 N–H and O–H groups in total. The molecule has 0 aromatic rings. The van der Waals surface area contributed by atoms with Gasteiger partial charge in [0.1, 0.15) is 6.04 Å². The van der Waals surface area contributed by atoms with E-state index < -0.39 is 30.8 Å². The number of carboxylic acids is 2. The van der Waals surface area contributed by atoms with Crippen LogP contribution in [0.4, 0.5) is 0 Å². The molecule has 0 heterocycles. The molecule has 10 heavy (non-hydrogen) atoms. The van der Waals surface area contributed by atoms with E-state index in [0.29, 0.717) is 0 Å². The molecule has 0 aliphatic carbocycles. The first kappa shape index (κ1) is 7.01. The maximum absolute atomic E-state index is 10.2. The summed E-state index contributed by atoms with van der Waals surface area (Å²) in [7, 11) is 0. The van der Waals surface area contributed by atoms with Crippen molar-refractivity contribution < 1.29 is 21.2 Å². The van der Waals surface area contributed by atoms with Gasteiger partial charge in [-0.05, 0) is 6.90 Å². The zero-order valence-electron chi connectivity index (χ0n) is 6.15. The van der Waals surface area contributed by atoms with Gasteiger partial charge < -0.3 is 15.9 Å². The van der Waals surface area contributed by atoms with Crippen LogP contribution >= 0.6 is 0 Å². The van der Waals surface area contributed by atoms with E-state index >= 15 is 0 Å². The lowest BCUT2D eigenvalue weighted by Crippen LogP contribution is -2.40. The minimum absolute atomic E-state index is 0.525. The third-order valence-corrected chi connectivity index (χ3v) is 1.04. The Morgan fingerprint density at radius 2 is 2.00 bits per heavy atom. The predicted octanol–water partition coefficient (Wildman–Crippen LogP) is -0.881. The van der Waals surface area contributed by atoms with Crippen molar-refractivity contribution in [3.8, 4) is 0 Å². The van der Waals surface area contributed by atoms with Crippen molar-refractivity contribution in [3.05, 3.63) is 0 Å². The number of nitrogens with two attached hydrogens (primary N) is 1. The van der Waals surface area contributed by atoms with E-state index in [9.17, 15) is 9.59 Å². The van der Waals surface area contributed by atoms with Crippen molar-refractivity contribution in [1.82, 2.24) is 0 Å². The third kappa shape index (κ3) is 2.02. The van der Waals surface area contributed by atoms with Crippen molar-refractivity contribution >= 4 is 11.9 Å². The molecule has 0 unspecified atom stereocenters. The predicted molar refractivity (Wildman–Crippen MR) is 32.4 cm³/mol. The normalized spacial score (nSPS) is 17.1. The van der Waals surface area contributed by atoms with E-state index in [1.165, 1.54) is 0 Å². The molecule has 0 aliphatic heterocycles. The van der Waals surface area contributed by atoms with Crippen LogP contribution in [0.2, 0.25) is 0 Å². The van der Waals surface area contributed by atoms with E-state index in [0.717, 1.165) is 0 Å². The fraction of sp³-hybridized carbons (Fsp3) is 0.600. The van der Waals surface area contributed by atoms with Crippen molar-refractivity contribution in [2.45, 2.75) is 12.9 Å². The van der Waals surface area contributed by atoms with Crippen LogP contribution in [0.15, 0.2) is 0 Å². The first-order valence-electron chi connectivity index (χ1n) is 3.21. The molecule has 0 aromatic heterocycles. The second-order valence-electron chi connectivity index (χ2n) is 1.81. The van der Waals surface area contributed by atoms with Gasteiger partial charge in [0.2, 0.25) is 0 Å². The Kier molecular flexibility index (Phi) is 2.22. The Morgan fingerprint density at radius 3 is 2.10 bits per heavy atom. The maximum atomic E-state index is 10.2. The van der Waals surface area contributed by atoms with Gasteiger partial charge in [0.15, 0.2) is 0 Å². The highest BCUT2D eigenvalue weighted by atomic mass is 16.4. The Bertz CT molecular complexity index is 172. The van der Waals surface area contributed by atoms with Gasteiger partial charge in [0, 0.05) is 1.37 Å². The van der Waals surface area contributed by atoms with Crippen LogP contribution in [0, 0.1) is 5.92 Å². The summed E-state index contributed by atoms with van der Waals surface area (Å²) in [6.45, 7) is -0.525. The van der Waals surface area contributed by atoms with Crippen LogP contribution in [0.5, 0.6) is 0 Å². The molecular formula is C5H9NO4. The van der Waals surface area contributed by atoms with Crippen LogP contribution in [-0.4, -0.2) is 28.2 Å². The van der Waals surface area contributed by atoms with Gasteiger partial charge in [0.05, 0.1) is 5.92 Å². The van der Waals surface area contributed by atoms with Gasteiger partial charge in [-0.2, -0.15) is 0 Å². The Labute approximate surface area is 58.9 Å². The molecule has 0 fully saturated rings. The fourth-order valence-corrected chi connectivity index (χ4v) is 0.326. The molecule has 0 saturated heterocycles. The lowest BCUT2D eigenvalue weighted by atomic mass is 10.0. The third-order valence-electron chi connectivity index (χ3n) is 1.04. The molecule has 0 radical (unpaired) electrons. The molecular weight excluding hydrogens is 138 g/mol. The minimum atomic E-state index is -1.50. The summed E-state index contributed by atoms with van der Waals surface area (Å²) < 4.78 is 6.69. The molecule has 0 amide bonds. The van der Waals surface area contributed by atoms with E-state index in [1.54, 1.807) is 0 Å². The highest BCUT2D eigenvalue weighted by molar-refractivity contribution is 5.82. The van der Waals surface area contributed by atoms with Crippen molar-refractivity contribution in [3.63, 3.8) is 0 Å². The van der Waals surface area contributed by atoms with Gasteiger partial charge in [-0.1, -0.05) is 0 Å². The number of hydrogen-bond donors (Lipinski definition) is 3. The van der Waals surface area contributed by atoms with E-state index in [4.69, 9.17) is 17.3 Å². The van der Waals surface area contributed by atoms with Gasteiger partial charge in [-0.15, -0.1) is 0 Å². The number of carbonyl (C=O) groups is 2. The SMILES string of the molecule is [2H]C[C@H](C(=O)O)[C@H](N)C(=O)O.